The lowest BCUT2D eigenvalue weighted by Crippen LogP contribution is -2.44. The molecule has 2 rings (SSSR count). The van der Waals surface area contributed by atoms with E-state index in [9.17, 15) is 18.0 Å². The van der Waals surface area contributed by atoms with Crippen molar-refractivity contribution < 1.29 is 23.1 Å². The number of sulfone groups is 1. The normalized spacial score (nSPS) is 18.9. The van der Waals surface area contributed by atoms with Gasteiger partial charge in [-0.3, -0.25) is 9.59 Å². The highest BCUT2D eigenvalue weighted by atomic mass is 32.2. The number of hydrogen-bond acceptors (Lipinski definition) is 4. The number of aliphatic carboxylic acids is 1. The van der Waals surface area contributed by atoms with Crippen molar-refractivity contribution in [3.8, 4) is 0 Å². The van der Waals surface area contributed by atoms with Crippen LogP contribution in [-0.2, 0) is 25.2 Å². The fraction of sp³-hybridized carbons (Fsp3) is 0.467. The van der Waals surface area contributed by atoms with Gasteiger partial charge in [0, 0.05) is 13.1 Å². The predicted molar refractivity (Wildman–Crippen MR) is 80.9 cm³/mol. The summed E-state index contributed by atoms with van der Waals surface area (Å²) in [6.45, 7) is 0.512. The van der Waals surface area contributed by atoms with Crippen LogP contribution in [0.15, 0.2) is 30.3 Å². The van der Waals surface area contributed by atoms with Crippen LogP contribution in [0.3, 0.4) is 0 Å². The third kappa shape index (κ3) is 4.56. The summed E-state index contributed by atoms with van der Waals surface area (Å²) in [5, 5.41) is 9.01. The molecule has 1 aliphatic heterocycles. The number of carboxylic acid groups (broad SMARTS) is 1. The Kier molecular flexibility index (Phi) is 5.18. The molecule has 1 unspecified atom stereocenters. The summed E-state index contributed by atoms with van der Waals surface area (Å²) in [5.74, 6) is -2.81. The molecule has 1 aromatic carbocycles. The van der Waals surface area contributed by atoms with Crippen molar-refractivity contribution in [2.75, 3.05) is 18.8 Å². The molecule has 0 aromatic heterocycles. The van der Waals surface area contributed by atoms with E-state index in [-0.39, 0.29) is 12.3 Å². The van der Waals surface area contributed by atoms with Crippen LogP contribution >= 0.6 is 0 Å². The number of carbonyl (C=O) groups excluding carboxylic acids is 1. The van der Waals surface area contributed by atoms with Crippen LogP contribution in [0.4, 0.5) is 0 Å². The fourth-order valence-electron chi connectivity index (χ4n) is 2.56. The molecule has 0 saturated carbocycles. The highest BCUT2D eigenvalue weighted by molar-refractivity contribution is 7.91. The molecule has 1 aromatic rings. The maximum atomic E-state index is 12.1. The van der Waals surface area contributed by atoms with Crippen molar-refractivity contribution in [1.82, 2.24) is 4.90 Å². The van der Waals surface area contributed by atoms with Crippen LogP contribution in [0.2, 0.25) is 0 Å². The van der Waals surface area contributed by atoms with Crippen molar-refractivity contribution in [3.63, 3.8) is 0 Å². The molecule has 1 atom stereocenters. The summed E-state index contributed by atoms with van der Waals surface area (Å²) in [5.41, 5.74) is 0.636. The van der Waals surface area contributed by atoms with Crippen LogP contribution in [0, 0.1) is 5.92 Å². The maximum absolute atomic E-state index is 12.1. The molecular weight excluding hydrogens is 306 g/mol. The largest absolute Gasteiger partial charge is 0.481 e. The van der Waals surface area contributed by atoms with Crippen molar-refractivity contribution in [2.45, 2.75) is 18.6 Å². The fourth-order valence-corrected chi connectivity index (χ4v) is 3.93. The SMILES string of the molecule is O=C(O)C1CCCN(C(=O)CS(=O)(=O)Cc2ccccc2)C1. The zero-order valence-corrected chi connectivity index (χ0v) is 13.0. The first-order valence-electron chi connectivity index (χ1n) is 7.12. The number of piperidine rings is 1. The minimum absolute atomic E-state index is 0.0923. The molecule has 0 bridgehead atoms. The number of carbonyl (C=O) groups is 2. The molecule has 120 valence electrons. The highest BCUT2D eigenvalue weighted by Crippen LogP contribution is 2.17. The lowest BCUT2D eigenvalue weighted by molar-refractivity contribution is -0.145. The van der Waals surface area contributed by atoms with Crippen LogP contribution in [0.1, 0.15) is 18.4 Å². The van der Waals surface area contributed by atoms with Gasteiger partial charge in [-0.15, -0.1) is 0 Å². The summed E-state index contributed by atoms with van der Waals surface area (Å²) in [6.07, 6.45) is 1.11. The Morgan fingerprint density at radius 2 is 1.91 bits per heavy atom. The van der Waals surface area contributed by atoms with Crippen LogP contribution in [0.25, 0.3) is 0 Å². The molecular formula is C15H19NO5S. The van der Waals surface area contributed by atoms with Gasteiger partial charge in [0.1, 0.15) is 5.75 Å². The van der Waals surface area contributed by atoms with Crippen molar-refractivity contribution >= 4 is 21.7 Å². The van der Waals surface area contributed by atoms with E-state index >= 15 is 0 Å². The van der Waals surface area contributed by atoms with Crippen molar-refractivity contribution in [3.05, 3.63) is 35.9 Å². The quantitative estimate of drug-likeness (QED) is 0.869. The molecule has 6 nitrogen and oxygen atoms in total. The molecule has 1 aliphatic rings. The first-order valence-corrected chi connectivity index (χ1v) is 8.94. The van der Waals surface area contributed by atoms with E-state index in [1.54, 1.807) is 30.3 Å². The molecule has 0 spiro atoms. The molecule has 0 aliphatic carbocycles. The second kappa shape index (κ2) is 6.91. The number of likely N-dealkylation sites (tertiary alicyclic amines) is 1. The van der Waals surface area contributed by atoms with Crippen LogP contribution in [-0.4, -0.2) is 49.1 Å². The molecule has 1 fully saturated rings. The lowest BCUT2D eigenvalue weighted by atomic mass is 9.98. The molecule has 1 N–H and O–H groups in total. The first-order chi connectivity index (χ1) is 10.4. The topological polar surface area (TPSA) is 91.8 Å². The Balaban J connectivity index is 1.97. The van der Waals surface area contributed by atoms with Gasteiger partial charge in [-0.1, -0.05) is 30.3 Å². The number of hydrogen-bond donors (Lipinski definition) is 1. The molecule has 7 heteroatoms. The van der Waals surface area contributed by atoms with Gasteiger partial charge in [-0.05, 0) is 18.4 Å². The Labute approximate surface area is 129 Å². The van der Waals surface area contributed by atoms with E-state index in [1.165, 1.54) is 4.90 Å². The van der Waals surface area contributed by atoms with E-state index < -0.39 is 33.4 Å². The third-order valence-corrected chi connectivity index (χ3v) is 5.16. The number of nitrogens with zero attached hydrogens (tertiary/aromatic N) is 1. The van der Waals surface area contributed by atoms with Crippen LogP contribution in [0.5, 0.6) is 0 Å². The molecule has 1 heterocycles. The van der Waals surface area contributed by atoms with Crippen molar-refractivity contribution in [1.29, 1.82) is 0 Å². The molecule has 22 heavy (non-hydrogen) atoms. The molecule has 0 radical (unpaired) electrons. The Morgan fingerprint density at radius 1 is 1.23 bits per heavy atom. The van der Waals surface area contributed by atoms with E-state index in [0.717, 1.165) is 0 Å². The van der Waals surface area contributed by atoms with Gasteiger partial charge < -0.3 is 10.0 Å². The zero-order valence-electron chi connectivity index (χ0n) is 12.1. The number of carboxylic acids is 1. The molecule has 1 amide bonds. The molecule has 1 saturated heterocycles. The summed E-state index contributed by atoms with van der Waals surface area (Å²) in [7, 11) is -3.56. The minimum atomic E-state index is -3.56. The highest BCUT2D eigenvalue weighted by Gasteiger charge is 2.30. The third-order valence-electron chi connectivity index (χ3n) is 3.70. The zero-order chi connectivity index (χ0) is 16.2. The lowest BCUT2D eigenvalue weighted by Gasteiger charge is -2.30. The summed E-state index contributed by atoms with van der Waals surface area (Å²) in [4.78, 5) is 24.5. The first kappa shape index (κ1) is 16.5. The Morgan fingerprint density at radius 3 is 2.55 bits per heavy atom. The van der Waals surface area contributed by atoms with Crippen LogP contribution < -0.4 is 0 Å². The second-order valence-electron chi connectivity index (χ2n) is 5.53. The van der Waals surface area contributed by atoms with Gasteiger partial charge in [0.15, 0.2) is 9.84 Å². The maximum Gasteiger partial charge on any atom is 0.308 e. The van der Waals surface area contributed by atoms with Gasteiger partial charge in [0.05, 0.1) is 11.7 Å². The predicted octanol–water partition coefficient (Wildman–Crippen LogP) is 0.925. The standard InChI is InChI=1S/C15H19NO5S/c17-14(16-8-4-7-13(9-16)15(18)19)11-22(20,21)10-12-5-2-1-3-6-12/h1-3,5-6,13H,4,7-11H2,(H,18,19). The number of rotatable bonds is 5. The van der Waals surface area contributed by atoms with Gasteiger partial charge in [-0.25, -0.2) is 8.42 Å². The van der Waals surface area contributed by atoms with Gasteiger partial charge in [-0.2, -0.15) is 0 Å². The minimum Gasteiger partial charge on any atom is -0.481 e. The Hall–Kier alpha value is -1.89. The average molecular weight is 325 g/mol. The summed E-state index contributed by atoms with van der Waals surface area (Å²) < 4.78 is 24.2. The van der Waals surface area contributed by atoms with Gasteiger partial charge >= 0.3 is 5.97 Å². The number of benzene rings is 1. The van der Waals surface area contributed by atoms with E-state index in [2.05, 4.69) is 0 Å². The summed E-state index contributed by atoms with van der Waals surface area (Å²) in [6, 6.07) is 8.68. The number of amides is 1. The van der Waals surface area contributed by atoms with E-state index in [0.29, 0.717) is 24.9 Å². The second-order valence-corrected chi connectivity index (χ2v) is 7.60. The smallest absolute Gasteiger partial charge is 0.308 e. The van der Waals surface area contributed by atoms with E-state index in [1.807, 2.05) is 0 Å². The Bertz CT molecular complexity index is 641. The van der Waals surface area contributed by atoms with E-state index in [4.69, 9.17) is 5.11 Å². The monoisotopic (exact) mass is 325 g/mol. The van der Waals surface area contributed by atoms with Gasteiger partial charge in [0.2, 0.25) is 5.91 Å². The van der Waals surface area contributed by atoms with Gasteiger partial charge in [0.25, 0.3) is 0 Å². The van der Waals surface area contributed by atoms with Crippen molar-refractivity contribution in [2.24, 2.45) is 5.92 Å². The average Bonchev–Trinajstić information content (AvgIpc) is 2.47. The summed E-state index contributed by atoms with van der Waals surface area (Å²) >= 11 is 0.